The molecule has 0 aliphatic heterocycles. The van der Waals surface area contributed by atoms with E-state index in [1.165, 1.54) is 13.2 Å². The number of carbonyl (C=O) groups is 2. The van der Waals surface area contributed by atoms with Crippen molar-refractivity contribution in [3.8, 4) is 11.5 Å². The van der Waals surface area contributed by atoms with Crippen molar-refractivity contribution in [2.45, 2.75) is 44.2 Å². The molecule has 0 saturated heterocycles. The number of nitrogens with one attached hydrogen (secondary N) is 1. The van der Waals surface area contributed by atoms with Gasteiger partial charge in [0.25, 0.3) is 0 Å². The lowest BCUT2D eigenvalue weighted by Crippen LogP contribution is -2.55. The Morgan fingerprint density at radius 2 is 1.81 bits per heavy atom. The summed E-state index contributed by atoms with van der Waals surface area (Å²) in [5, 5.41) is 3.51. The number of hydrogen-bond donors (Lipinski definition) is 1. The summed E-state index contributed by atoms with van der Waals surface area (Å²) in [6.45, 7) is 0.309. The molecule has 3 rings (SSSR count). The van der Waals surface area contributed by atoms with E-state index in [0.717, 1.165) is 30.4 Å². The lowest BCUT2D eigenvalue weighted by molar-refractivity contribution is -0.152. The zero-order chi connectivity index (χ0) is 23.0. The number of esters is 1. The highest BCUT2D eigenvalue weighted by molar-refractivity contribution is 6.31. The number of benzene rings is 2. The summed E-state index contributed by atoms with van der Waals surface area (Å²) >= 11 is 6.18. The predicted molar refractivity (Wildman–Crippen MR) is 124 cm³/mol. The van der Waals surface area contributed by atoms with Crippen LogP contribution in [0.5, 0.6) is 11.5 Å². The zero-order valence-electron chi connectivity index (χ0n) is 18.4. The fraction of sp³-hybridized carbons (Fsp3) is 0.360. The Balaban J connectivity index is 1.67. The van der Waals surface area contributed by atoms with Crippen LogP contribution in [0.25, 0.3) is 6.08 Å². The first-order valence-corrected chi connectivity index (χ1v) is 11.0. The van der Waals surface area contributed by atoms with Gasteiger partial charge in [-0.25, -0.2) is 4.79 Å². The van der Waals surface area contributed by atoms with Crippen molar-refractivity contribution in [2.24, 2.45) is 0 Å². The second-order valence-electron chi connectivity index (χ2n) is 7.75. The number of amides is 1. The number of halogens is 1. The van der Waals surface area contributed by atoms with Crippen LogP contribution in [0.3, 0.4) is 0 Å². The summed E-state index contributed by atoms with van der Waals surface area (Å²) in [7, 11) is 2.91. The van der Waals surface area contributed by atoms with Gasteiger partial charge in [-0.2, -0.15) is 0 Å². The average molecular weight is 458 g/mol. The normalized spacial score (nSPS) is 15.2. The molecule has 1 N–H and O–H groups in total. The molecule has 32 heavy (non-hydrogen) atoms. The molecule has 0 bridgehead atoms. The molecule has 1 amide bonds. The van der Waals surface area contributed by atoms with Gasteiger partial charge in [-0.3, -0.25) is 4.79 Å². The summed E-state index contributed by atoms with van der Waals surface area (Å²) < 4.78 is 16.3. The van der Waals surface area contributed by atoms with Crippen LogP contribution in [0.15, 0.2) is 48.5 Å². The summed E-state index contributed by atoms with van der Waals surface area (Å²) in [6.07, 6.45) is 7.07. The van der Waals surface area contributed by atoms with Gasteiger partial charge in [0.15, 0.2) is 11.5 Å². The lowest BCUT2D eigenvalue weighted by Gasteiger charge is -2.34. The van der Waals surface area contributed by atoms with E-state index < -0.39 is 5.54 Å². The minimum atomic E-state index is -0.942. The molecular weight excluding hydrogens is 430 g/mol. The van der Waals surface area contributed by atoms with E-state index in [1.807, 2.05) is 30.3 Å². The first kappa shape index (κ1) is 23.7. The quantitative estimate of drug-likeness (QED) is 0.449. The van der Waals surface area contributed by atoms with E-state index in [1.54, 1.807) is 25.3 Å². The van der Waals surface area contributed by atoms with E-state index in [9.17, 15) is 9.59 Å². The monoisotopic (exact) mass is 457 g/mol. The first-order valence-electron chi connectivity index (χ1n) is 10.6. The summed E-state index contributed by atoms with van der Waals surface area (Å²) in [4.78, 5) is 24.9. The number of hydrogen-bond acceptors (Lipinski definition) is 5. The Bertz CT molecular complexity index is 982. The molecule has 0 aromatic heterocycles. The van der Waals surface area contributed by atoms with Crippen molar-refractivity contribution >= 4 is 29.6 Å². The molecule has 170 valence electrons. The van der Waals surface area contributed by atoms with Crippen molar-refractivity contribution in [2.75, 3.05) is 14.2 Å². The highest BCUT2D eigenvalue weighted by Gasteiger charge is 2.41. The number of methoxy groups -OCH3 is 2. The SMILES string of the molecule is COC(=O)C1(NC(=O)/C=C/c2ccc(OCc3ccccc3Cl)c(OC)c2)CCCCC1. The summed E-state index contributed by atoms with van der Waals surface area (Å²) in [5.74, 6) is 0.384. The Kier molecular flexibility index (Phi) is 8.17. The van der Waals surface area contributed by atoms with Crippen LogP contribution in [-0.4, -0.2) is 31.6 Å². The molecule has 0 radical (unpaired) electrons. The number of rotatable bonds is 8. The Labute approximate surface area is 193 Å². The maximum atomic E-state index is 12.5. The summed E-state index contributed by atoms with van der Waals surface area (Å²) in [6, 6.07) is 12.9. The minimum Gasteiger partial charge on any atom is -0.493 e. The minimum absolute atomic E-state index is 0.309. The van der Waals surface area contributed by atoms with Gasteiger partial charge >= 0.3 is 5.97 Å². The van der Waals surface area contributed by atoms with E-state index in [4.69, 9.17) is 25.8 Å². The van der Waals surface area contributed by atoms with Crippen LogP contribution in [-0.2, 0) is 20.9 Å². The topological polar surface area (TPSA) is 73.9 Å². The molecule has 0 atom stereocenters. The maximum Gasteiger partial charge on any atom is 0.331 e. The van der Waals surface area contributed by atoms with Gasteiger partial charge in [-0.15, -0.1) is 0 Å². The van der Waals surface area contributed by atoms with E-state index in [2.05, 4.69) is 5.32 Å². The van der Waals surface area contributed by atoms with Crippen LogP contribution < -0.4 is 14.8 Å². The van der Waals surface area contributed by atoms with Crippen LogP contribution in [0.2, 0.25) is 5.02 Å². The third kappa shape index (κ3) is 5.82. The number of ether oxygens (including phenoxy) is 3. The fourth-order valence-corrected chi connectivity index (χ4v) is 4.05. The van der Waals surface area contributed by atoms with Crippen LogP contribution in [0.4, 0.5) is 0 Å². The average Bonchev–Trinajstić information content (AvgIpc) is 2.82. The standard InChI is InChI=1S/C25H28ClNO5/c1-30-22-16-18(10-12-21(22)32-17-19-8-4-5-9-20(19)26)11-13-23(28)27-25(24(29)31-2)14-6-3-7-15-25/h4-5,8-13,16H,3,6-7,14-15,17H2,1-2H3,(H,27,28)/b13-11+. The largest absolute Gasteiger partial charge is 0.493 e. The van der Waals surface area contributed by atoms with Crippen molar-refractivity contribution in [1.82, 2.24) is 5.32 Å². The second kappa shape index (κ2) is 11.0. The van der Waals surface area contributed by atoms with Crippen LogP contribution >= 0.6 is 11.6 Å². The molecule has 2 aromatic carbocycles. The third-order valence-electron chi connectivity index (χ3n) is 5.60. The van der Waals surface area contributed by atoms with Gasteiger partial charge in [0.1, 0.15) is 12.1 Å². The van der Waals surface area contributed by atoms with Gasteiger partial charge in [0, 0.05) is 16.7 Å². The van der Waals surface area contributed by atoms with Gasteiger partial charge < -0.3 is 19.5 Å². The van der Waals surface area contributed by atoms with E-state index >= 15 is 0 Å². The smallest absolute Gasteiger partial charge is 0.331 e. The highest BCUT2D eigenvalue weighted by atomic mass is 35.5. The van der Waals surface area contributed by atoms with Crippen LogP contribution in [0.1, 0.15) is 43.2 Å². The Morgan fingerprint density at radius 1 is 1.06 bits per heavy atom. The molecule has 0 spiro atoms. The molecule has 1 aliphatic carbocycles. The molecule has 0 heterocycles. The van der Waals surface area contributed by atoms with Crippen molar-refractivity contribution in [3.05, 3.63) is 64.7 Å². The lowest BCUT2D eigenvalue weighted by atomic mass is 9.81. The summed E-state index contributed by atoms with van der Waals surface area (Å²) in [5.41, 5.74) is 0.694. The fourth-order valence-electron chi connectivity index (χ4n) is 3.86. The molecular formula is C25H28ClNO5. The molecule has 1 aliphatic rings. The van der Waals surface area contributed by atoms with Crippen molar-refractivity contribution < 1.29 is 23.8 Å². The van der Waals surface area contributed by atoms with E-state index in [0.29, 0.717) is 36.0 Å². The Hall–Kier alpha value is -2.99. The van der Waals surface area contributed by atoms with Crippen molar-refractivity contribution in [3.63, 3.8) is 0 Å². The number of carbonyl (C=O) groups excluding carboxylic acids is 2. The molecule has 7 heteroatoms. The molecule has 6 nitrogen and oxygen atoms in total. The van der Waals surface area contributed by atoms with E-state index in [-0.39, 0.29) is 11.9 Å². The predicted octanol–water partition coefficient (Wildman–Crippen LogP) is 4.93. The van der Waals surface area contributed by atoms with Gasteiger partial charge in [0.05, 0.1) is 14.2 Å². The second-order valence-corrected chi connectivity index (χ2v) is 8.15. The highest BCUT2D eigenvalue weighted by Crippen LogP contribution is 2.31. The molecule has 0 unspecified atom stereocenters. The third-order valence-corrected chi connectivity index (χ3v) is 5.97. The van der Waals surface area contributed by atoms with Crippen LogP contribution in [0, 0.1) is 0 Å². The van der Waals surface area contributed by atoms with Gasteiger partial charge in [-0.05, 0) is 42.7 Å². The molecule has 2 aromatic rings. The molecule has 1 saturated carbocycles. The molecule has 1 fully saturated rings. The van der Waals surface area contributed by atoms with Crippen molar-refractivity contribution in [1.29, 1.82) is 0 Å². The maximum absolute atomic E-state index is 12.5. The van der Waals surface area contributed by atoms with Gasteiger partial charge in [0.2, 0.25) is 5.91 Å². The Morgan fingerprint density at radius 3 is 2.50 bits per heavy atom. The zero-order valence-corrected chi connectivity index (χ0v) is 19.1. The first-order chi connectivity index (χ1) is 15.5. The van der Waals surface area contributed by atoms with Gasteiger partial charge in [-0.1, -0.05) is 55.1 Å².